The number of nitrogens with zero attached hydrogens (tertiary/aromatic N) is 4. The van der Waals surface area contributed by atoms with E-state index in [1.165, 1.54) is 29.1 Å². The van der Waals surface area contributed by atoms with Crippen molar-refractivity contribution in [3.8, 4) is 17.0 Å². The molecule has 4 rings (SSSR count). The fraction of sp³-hybridized carbons (Fsp3) is 0.105. The maximum atomic E-state index is 12.9. The van der Waals surface area contributed by atoms with Crippen LogP contribution < -0.4 is 0 Å². The summed E-state index contributed by atoms with van der Waals surface area (Å²) in [5, 5.41) is 19.0. The minimum absolute atomic E-state index is 0.0831. The molecule has 0 saturated heterocycles. The monoisotopic (exact) mass is 438 g/mol. The van der Waals surface area contributed by atoms with E-state index >= 15 is 0 Å². The fourth-order valence-corrected chi connectivity index (χ4v) is 3.38. The molecule has 10 heteroatoms. The van der Waals surface area contributed by atoms with Crippen LogP contribution in [0.5, 0.6) is 5.75 Å². The van der Waals surface area contributed by atoms with Gasteiger partial charge in [-0.1, -0.05) is 40.5 Å². The molecule has 0 spiro atoms. The van der Waals surface area contributed by atoms with Crippen molar-refractivity contribution >= 4 is 34.1 Å². The van der Waals surface area contributed by atoms with E-state index in [0.29, 0.717) is 27.4 Å². The number of hydrogen-bond acceptors (Lipinski definition) is 4. The molecule has 29 heavy (non-hydrogen) atoms. The van der Waals surface area contributed by atoms with Crippen LogP contribution in [0.1, 0.15) is 11.3 Å². The number of alkyl halides is 3. The third-order valence-corrected chi connectivity index (χ3v) is 4.86. The molecular weight excluding hydrogens is 428 g/mol. The highest BCUT2D eigenvalue weighted by Crippen LogP contribution is 2.36. The van der Waals surface area contributed by atoms with Crippen LogP contribution in [0.4, 0.5) is 13.2 Å². The summed E-state index contributed by atoms with van der Waals surface area (Å²) in [4.78, 5) is 4.36. The molecule has 0 bridgehead atoms. The lowest BCUT2D eigenvalue weighted by atomic mass is 10.1. The van der Waals surface area contributed by atoms with Crippen LogP contribution >= 0.6 is 23.2 Å². The van der Waals surface area contributed by atoms with Crippen molar-refractivity contribution in [1.29, 1.82) is 0 Å². The standard InChI is InChI=1S/C19H11Cl2F3N4O/c20-14-7-15(21)18(29)17-13(14)5-4-12(25-17)8-28-9-16(26-27-28)10-2-1-3-11(6-10)19(22,23)24/h1-7,9,29H,8H2. The first-order chi connectivity index (χ1) is 13.7. The molecule has 4 aromatic rings. The van der Waals surface area contributed by atoms with Crippen molar-refractivity contribution in [3.05, 3.63) is 70.0 Å². The number of aromatic nitrogens is 4. The number of phenolic OH excluding ortho intramolecular Hbond substituents is 1. The molecule has 0 atom stereocenters. The largest absolute Gasteiger partial charge is 0.504 e. The molecule has 2 aromatic heterocycles. The average Bonchev–Trinajstić information content (AvgIpc) is 3.14. The Hall–Kier alpha value is -2.84. The number of fused-ring (bicyclic) bond motifs is 1. The number of benzene rings is 2. The second kappa shape index (κ2) is 7.20. The zero-order chi connectivity index (χ0) is 20.8. The molecule has 148 valence electrons. The predicted molar refractivity (Wildman–Crippen MR) is 103 cm³/mol. The molecule has 2 aromatic carbocycles. The van der Waals surface area contributed by atoms with Crippen LogP contribution in [0.3, 0.4) is 0 Å². The summed E-state index contributed by atoms with van der Waals surface area (Å²) in [7, 11) is 0. The number of rotatable bonds is 3. The molecule has 0 unspecified atom stereocenters. The van der Waals surface area contributed by atoms with Gasteiger partial charge in [-0.15, -0.1) is 5.10 Å². The quantitative estimate of drug-likeness (QED) is 0.453. The van der Waals surface area contributed by atoms with E-state index in [4.69, 9.17) is 23.2 Å². The van der Waals surface area contributed by atoms with E-state index in [1.54, 1.807) is 12.1 Å². The molecule has 0 aliphatic heterocycles. The van der Waals surface area contributed by atoms with Gasteiger partial charge in [-0.2, -0.15) is 13.2 Å². The summed E-state index contributed by atoms with van der Waals surface area (Å²) in [6, 6.07) is 9.69. The van der Waals surface area contributed by atoms with Crippen molar-refractivity contribution in [1.82, 2.24) is 20.0 Å². The van der Waals surface area contributed by atoms with Gasteiger partial charge >= 0.3 is 6.18 Å². The van der Waals surface area contributed by atoms with Crippen molar-refractivity contribution in [2.75, 3.05) is 0 Å². The van der Waals surface area contributed by atoms with Crippen molar-refractivity contribution in [2.24, 2.45) is 0 Å². The zero-order valence-electron chi connectivity index (χ0n) is 14.5. The molecule has 0 saturated carbocycles. The summed E-state index contributed by atoms with van der Waals surface area (Å²) in [5.74, 6) is -0.184. The minimum Gasteiger partial charge on any atom is -0.504 e. The van der Waals surface area contributed by atoms with Gasteiger partial charge in [0.05, 0.1) is 34.0 Å². The Bertz CT molecular complexity index is 1220. The number of halogens is 5. The summed E-state index contributed by atoms with van der Waals surface area (Å²) < 4.78 is 40.2. The van der Waals surface area contributed by atoms with Gasteiger partial charge in [0.15, 0.2) is 5.75 Å². The zero-order valence-corrected chi connectivity index (χ0v) is 16.0. The number of pyridine rings is 1. The van der Waals surface area contributed by atoms with E-state index in [2.05, 4.69) is 15.3 Å². The topological polar surface area (TPSA) is 63.8 Å². The van der Waals surface area contributed by atoms with Crippen LogP contribution in [0.2, 0.25) is 10.0 Å². The van der Waals surface area contributed by atoms with Gasteiger partial charge in [0, 0.05) is 10.9 Å². The molecule has 0 aliphatic carbocycles. The SMILES string of the molecule is Oc1c(Cl)cc(Cl)c2ccc(Cn3cc(-c4cccc(C(F)(F)F)c4)nn3)nc12. The van der Waals surface area contributed by atoms with Crippen LogP contribution in [-0.4, -0.2) is 25.1 Å². The predicted octanol–water partition coefficient (Wildman–Crippen LogP) is 5.57. The Morgan fingerprint density at radius 2 is 1.83 bits per heavy atom. The van der Waals surface area contributed by atoms with Crippen LogP contribution in [0, 0.1) is 0 Å². The highest BCUT2D eigenvalue weighted by atomic mass is 35.5. The van der Waals surface area contributed by atoms with Crippen molar-refractivity contribution in [3.63, 3.8) is 0 Å². The second-order valence-corrected chi connectivity index (χ2v) is 7.08. The number of phenols is 1. The van der Waals surface area contributed by atoms with E-state index < -0.39 is 11.7 Å². The van der Waals surface area contributed by atoms with Crippen molar-refractivity contribution < 1.29 is 18.3 Å². The lowest BCUT2D eigenvalue weighted by Crippen LogP contribution is -2.04. The summed E-state index contributed by atoms with van der Waals surface area (Å²) in [6.45, 7) is 0.186. The fourth-order valence-electron chi connectivity index (χ4n) is 2.86. The molecule has 2 heterocycles. The van der Waals surface area contributed by atoms with Crippen LogP contribution in [-0.2, 0) is 12.7 Å². The Labute approximate surface area is 172 Å². The minimum atomic E-state index is -4.44. The molecule has 0 amide bonds. The third kappa shape index (κ3) is 3.86. The maximum Gasteiger partial charge on any atom is 0.416 e. The smallest absolute Gasteiger partial charge is 0.416 e. The van der Waals surface area contributed by atoms with Gasteiger partial charge < -0.3 is 5.11 Å². The first-order valence-electron chi connectivity index (χ1n) is 8.27. The first kappa shape index (κ1) is 19.5. The van der Waals surface area contributed by atoms with Gasteiger partial charge in [-0.05, 0) is 30.3 Å². The Morgan fingerprint density at radius 3 is 2.59 bits per heavy atom. The van der Waals surface area contributed by atoms with Crippen LogP contribution in [0.25, 0.3) is 22.2 Å². The normalized spacial score (nSPS) is 11.9. The Morgan fingerprint density at radius 1 is 1.03 bits per heavy atom. The number of aromatic hydroxyl groups is 1. The van der Waals surface area contributed by atoms with Gasteiger partial charge in [-0.3, -0.25) is 0 Å². The van der Waals surface area contributed by atoms with Crippen molar-refractivity contribution in [2.45, 2.75) is 12.7 Å². The lowest BCUT2D eigenvalue weighted by molar-refractivity contribution is -0.137. The molecular formula is C19H11Cl2F3N4O. The highest BCUT2D eigenvalue weighted by Gasteiger charge is 2.30. The molecule has 0 aliphatic rings. The summed E-state index contributed by atoms with van der Waals surface area (Å²) >= 11 is 12.1. The highest BCUT2D eigenvalue weighted by molar-refractivity contribution is 6.39. The van der Waals surface area contributed by atoms with Gasteiger partial charge in [-0.25, -0.2) is 9.67 Å². The number of hydrogen-bond donors (Lipinski definition) is 1. The Kier molecular flexibility index (Phi) is 4.84. The molecule has 5 nitrogen and oxygen atoms in total. The second-order valence-electron chi connectivity index (χ2n) is 6.27. The molecule has 0 fully saturated rings. The summed E-state index contributed by atoms with van der Waals surface area (Å²) in [6.07, 6.45) is -2.92. The molecule has 1 N–H and O–H groups in total. The maximum absolute atomic E-state index is 12.9. The first-order valence-corrected chi connectivity index (χ1v) is 9.02. The van der Waals surface area contributed by atoms with E-state index in [0.717, 1.165) is 12.1 Å². The van der Waals surface area contributed by atoms with Gasteiger partial charge in [0.25, 0.3) is 0 Å². The molecule has 0 radical (unpaired) electrons. The van der Waals surface area contributed by atoms with E-state index in [1.807, 2.05) is 0 Å². The summed E-state index contributed by atoms with van der Waals surface area (Å²) in [5.41, 5.74) is 0.620. The van der Waals surface area contributed by atoms with Crippen LogP contribution in [0.15, 0.2) is 48.7 Å². The van der Waals surface area contributed by atoms with Gasteiger partial charge in [0.2, 0.25) is 0 Å². The van der Waals surface area contributed by atoms with Gasteiger partial charge in [0.1, 0.15) is 11.2 Å². The average molecular weight is 439 g/mol. The lowest BCUT2D eigenvalue weighted by Gasteiger charge is -2.07. The Balaban J connectivity index is 1.64. The van der Waals surface area contributed by atoms with E-state index in [-0.39, 0.29) is 22.8 Å². The van der Waals surface area contributed by atoms with E-state index in [9.17, 15) is 18.3 Å². The third-order valence-electron chi connectivity index (χ3n) is 4.26.